The molecule has 0 unspecified atom stereocenters. The number of carbonyl (C=O) groups excluding carboxylic acids is 1. The number of carbonyl (C=O) groups is 1. The van der Waals surface area contributed by atoms with E-state index >= 15 is 0 Å². The maximum atomic E-state index is 13.3. The highest BCUT2D eigenvalue weighted by Gasteiger charge is 2.21. The Balaban J connectivity index is 1.86. The van der Waals surface area contributed by atoms with Crippen LogP contribution in [0, 0.1) is 19.8 Å². The van der Waals surface area contributed by atoms with Crippen molar-refractivity contribution >= 4 is 11.6 Å². The second-order valence-electron chi connectivity index (χ2n) is 8.15. The number of pyridine rings is 1. The van der Waals surface area contributed by atoms with Gasteiger partial charge in [-0.2, -0.15) is 0 Å². The lowest BCUT2D eigenvalue weighted by Gasteiger charge is -2.23. The number of hydrogen-bond acceptors (Lipinski definition) is 3. The van der Waals surface area contributed by atoms with Gasteiger partial charge in [-0.25, -0.2) is 0 Å². The van der Waals surface area contributed by atoms with Crippen molar-refractivity contribution in [1.82, 2.24) is 4.98 Å². The highest BCUT2D eigenvalue weighted by Crippen LogP contribution is 2.29. The van der Waals surface area contributed by atoms with E-state index in [4.69, 9.17) is 4.74 Å². The summed E-state index contributed by atoms with van der Waals surface area (Å²) in [6, 6.07) is 8.12. The molecule has 1 heterocycles. The molecule has 3 rings (SSSR count). The van der Waals surface area contributed by atoms with Gasteiger partial charge < -0.3 is 10.1 Å². The molecular formula is C25H34N2O2. The molecule has 1 aromatic heterocycles. The minimum Gasteiger partial charge on any atom is -0.492 e. The summed E-state index contributed by atoms with van der Waals surface area (Å²) in [4.78, 5) is 17.9. The summed E-state index contributed by atoms with van der Waals surface area (Å²) in [5.74, 6) is 1.11. The molecule has 1 saturated carbocycles. The minimum atomic E-state index is -0.135. The minimum absolute atomic E-state index is 0.135. The van der Waals surface area contributed by atoms with Gasteiger partial charge in [-0.1, -0.05) is 51.3 Å². The van der Waals surface area contributed by atoms with Gasteiger partial charge >= 0.3 is 0 Å². The van der Waals surface area contributed by atoms with E-state index in [0.29, 0.717) is 29.5 Å². The summed E-state index contributed by atoms with van der Waals surface area (Å²) >= 11 is 0. The van der Waals surface area contributed by atoms with Gasteiger partial charge in [-0.05, 0) is 56.6 Å². The molecule has 0 spiro atoms. The maximum absolute atomic E-state index is 13.3. The first-order chi connectivity index (χ1) is 14.0. The van der Waals surface area contributed by atoms with Crippen LogP contribution >= 0.6 is 0 Å². The van der Waals surface area contributed by atoms with Crippen molar-refractivity contribution in [2.45, 2.75) is 72.6 Å². The lowest BCUT2D eigenvalue weighted by atomic mass is 9.90. The van der Waals surface area contributed by atoms with Crippen molar-refractivity contribution in [3.05, 3.63) is 52.3 Å². The molecular weight excluding hydrogens is 360 g/mol. The Morgan fingerprint density at radius 3 is 2.38 bits per heavy atom. The average Bonchev–Trinajstić information content (AvgIpc) is 2.72. The van der Waals surface area contributed by atoms with E-state index < -0.39 is 0 Å². The lowest BCUT2D eigenvalue weighted by Crippen LogP contribution is -2.20. The van der Waals surface area contributed by atoms with Gasteiger partial charge in [0.15, 0.2) is 0 Å². The summed E-state index contributed by atoms with van der Waals surface area (Å²) in [6.45, 7) is 8.74. The van der Waals surface area contributed by atoms with E-state index in [1.807, 2.05) is 19.9 Å². The zero-order valence-corrected chi connectivity index (χ0v) is 18.3. The summed E-state index contributed by atoms with van der Waals surface area (Å²) in [5, 5.41) is 3.18. The average molecular weight is 395 g/mol. The third-order valence-corrected chi connectivity index (χ3v) is 5.96. The van der Waals surface area contributed by atoms with Crippen molar-refractivity contribution in [1.29, 1.82) is 0 Å². The van der Waals surface area contributed by atoms with E-state index in [0.717, 1.165) is 35.3 Å². The maximum Gasteiger partial charge on any atom is 0.261 e. The van der Waals surface area contributed by atoms with E-state index in [-0.39, 0.29) is 5.91 Å². The predicted octanol–water partition coefficient (Wildman–Crippen LogP) is 6.03. The number of nitrogens with one attached hydrogen (secondary N) is 1. The number of rotatable bonds is 7. The smallest absolute Gasteiger partial charge is 0.261 e. The fourth-order valence-corrected chi connectivity index (χ4v) is 4.32. The van der Waals surface area contributed by atoms with Crippen LogP contribution < -0.4 is 10.1 Å². The Labute approximate surface area is 175 Å². The van der Waals surface area contributed by atoms with Gasteiger partial charge in [0.1, 0.15) is 11.3 Å². The van der Waals surface area contributed by atoms with Crippen LogP contribution in [-0.4, -0.2) is 17.5 Å². The molecule has 1 aliphatic rings. The van der Waals surface area contributed by atoms with E-state index in [9.17, 15) is 4.79 Å². The predicted molar refractivity (Wildman–Crippen MR) is 119 cm³/mol. The number of hydrogen-bond donors (Lipinski definition) is 1. The number of para-hydroxylation sites is 1. The number of nitrogens with zero attached hydrogens (tertiary/aromatic N) is 1. The third kappa shape index (κ3) is 5.17. The molecule has 1 N–H and O–H groups in total. The standard InChI is InChI=1S/C25H34N2O2/c1-5-20-13-10-14-21(6-2)24(20)27-25(28)23-18(4)26-17(3)15-22(23)29-16-19-11-8-7-9-12-19/h10,13-15,19H,5-9,11-12,16H2,1-4H3,(H,27,28). The molecule has 156 valence electrons. The van der Waals surface area contributed by atoms with Crippen molar-refractivity contribution in [2.75, 3.05) is 11.9 Å². The normalized spacial score (nSPS) is 14.6. The van der Waals surface area contributed by atoms with Crippen LogP contribution in [0.3, 0.4) is 0 Å². The number of aromatic nitrogens is 1. The molecule has 2 aromatic rings. The Morgan fingerprint density at radius 2 is 1.76 bits per heavy atom. The Bertz CT molecular complexity index is 832. The summed E-state index contributed by atoms with van der Waals surface area (Å²) in [7, 11) is 0. The van der Waals surface area contributed by atoms with E-state index in [1.54, 1.807) is 0 Å². The van der Waals surface area contributed by atoms with Crippen molar-refractivity contribution in [3.8, 4) is 5.75 Å². The van der Waals surface area contributed by atoms with E-state index in [2.05, 4.69) is 42.3 Å². The zero-order chi connectivity index (χ0) is 20.8. The number of benzene rings is 1. The van der Waals surface area contributed by atoms with Gasteiger partial charge in [-0.3, -0.25) is 9.78 Å². The monoisotopic (exact) mass is 394 g/mol. The van der Waals surface area contributed by atoms with Crippen molar-refractivity contribution in [2.24, 2.45) is 5.92 Å². The van der Waals surface area contributed by atoms with Crippen LogP contribution in [0.4, 0.5) is 5.69 Å². The van der Waals surface area contributed by atoms with Gasteiger partial charge in [0.2, 0.25) is 0 Å². The van der Waals surface area contributed by atoms with Gasteiger partial charge in [0.05, 0.1) is 12.3 Å². The molecule has 1 amide bonds. The molecule has 0 radical (unpaired) electrons. The Hall–Kier alpha value is -2.36. The Morgan fingerprint density at radius 1 is 1.10 bits per heavy atom. The lowest BCUT2D eigenvalue weighted by molar-refractivity contribution is 0.101. The largest absolute Gasteiger partial charge is 0.492 e. The van der Waals surface area contributed by atoms with Crippen LogP contribution in [0.15, 0.2) is 24.3 Å². The molecule has 0 bridgehead atoms. The van der Waals surface area contributed by atoms with Gasteiger partial charge in [0, 0.05) is 17.4 Å². The summed E-state index contributed by atoms with van der Waals surface area (Å²) in [5.41, 5.74) is 5.38. The SMILES string of the molecule is CCc1cccc(CC)c1NC(=O)c1c(OCC2CCCCC2)cc(C)nc1C. The Kier molecular flexibility index (Phi) is 7.29. The van der Waals surface area contributed by atoms with Crippen LogP contribution in [0.2, 0.25) is 0 Å². The topological polar surface area (TPSA) is 51.2 Å². The van der Waals surface area contributed by atoms with Crippen LogP contribution in [-0.2, 0) is 12.8 Å². The van der Waals surface area contributed by atoms with E-state index in [1.165, 1.54) is 32.1 Å². The molecule has 1 aliphatic carbocycles. The second-order valence-corrected chi connectivity index (χ2v) is 8.15. The van der Waals surface area contributed by atoms with Gasteiger partial charge in [-0.15, -0.1) is 0 Å². The fourth-order valence-electron chi connectivity index (χ4n) is 4.32. The number of aryl methyl sites for hydroxylation is 4. The number of ether oxygens (including phenoxy) is 1. The number of amides is 1. The zero-order valence-electron chi connectivity index (χ0n) is 18.3. The third-order valence-electron chi connectivity index (χ3n) is 5.96. The molecule has 1 fully saturated rings. The first-order valence-electron chi connectivity index (χ1n) is 11.1. The number of anilines is 1. The summed E-state index contributed by atoms with van der Waals surface area (Å²) in [6.07, 6.45) is 8.07. The molecule has 0 aliphatic heterocycles. The second kappa shape index (κ2) is 9.91. The van der Waals surface area contributed by atoms with Crippen molar-refractivity contribution in [3.63, 3.8) is 0 Å². The molecule has 1 aromatic carbocycles. The van der Waals surface area contributed by atoms with Crippen LogP contribution in [0.5, 0.6) is 5.75 Å². The molecule has 0 atom stereocenters. The molecule has 4 nitrogen and oxygen atoms in total. The first-order valence-corrected chi connectivity index (χ1v) is 11.1. The summed E-state index contributed by atoms with van der Waals surface area (Å²) < 4.78 is 6.21. The molecule has 0 saturated heterocycles. The van der Waals surface area contributed by atoms with Crippen LogP contribution in [0.25, 0.3) is 0 Å². The fraction of sp³-hybridized carbons (Fsp3) is 0.520. The first kappa shape index (κ1) is 21.4. The highest BCUT2D eigenvalue weighted by molar-refractivity contribution is 6.07. The van der Waals surface area contributed by atoms with Crippen molar-refractivity contribution < 1.29 is 9.53 Å². The highest BCUT2D eigenvalue weighted by atomic mass is 16.5. The quantitative estimate of drug-likeness (QED) is 0.623. The van der Waals surface area contributed by atoms with Gasteiger partial charge in [0.25, 0.3) is 5.91 Å². The van der Waals surface area contributed by atoms with Crippen LogP contribution in [0.1, 0.15) is 78.8 Å². The molecule has 4 heteroatoms. The molecule has 29 heavy (non-hydrogen) atoms.